The Balaban J connectivity index is 2.51. The first kappa shape index (κ1) is 11.1. The molecule has 0 saturated heterocycles. The van der Waals surface area contributed by atoms with Gasteiger partial charge < -0.3 is 16.8 Å². The summed E-state index contributed by atoms with van der Waals surface area (Å²) in [6.07, 6.45) is 5.78. The van der Waals surface area contributed by atoms with Gasteiger partial charge >= 0.3 is 0 Å². The van der Waals surface area contributed by atoms with Gasteiger partial charge in [-0.05, 0) is 6.08 Å². The van der Waals surface area contributed by atoms with E-state index in [1.807, 2.05) is 0 Å². The summed E-state index contributed by atoms with van der Waals surface area (Å²) in [6, 6.07) is 0. The van der Waals surface area contributed by atoms with Crippen molar-refractivity contribution in [3.63, 3.8) is 0 Å². The van der Waals surface area contributed by atoms with Gasteiger partial charge in [-0.2, -0.15) is 0 Å². The minimum Gasteiger partial charge on any atom is -0.379 e. The van der Waals surface area contributed by atoms with Gasteiger partial charge in [-0.25, -0.2) is 0 Å². The molecule has 0 aromatic carbocycles. The summed E-state index contributed by atoms with van der Waals surface area (Å²) in [5.41, 5.74) is 9.90. The van der Waals surface area contributed by atoms with Crippen LogP contribution in [0.15, 0.2) is 30.4 Å². The van der Waals surface area contributed by atoms with E-state index in [0.717, 1.165) is 0 Å². The number of carbonyl (C=O) groups excluding carboxylic acids is 2. The van der Waals surface area contributed by atoms with E-state index in [1.54, 1.807) is 0 Å². The van der Waals surface area contributed by atoms with E-state index >= 15 is 0 Å². The Hall–Kier alpha value is -2.44. The van der Waals surface area contributed by atoms with Crippen molar-refractivity contribution in [1.29, 1.82) is 0 Å². The smallest absolute Gasteiger partial charge is 0.264 e. The van der Waals surface area contributed by atoms with Gasteiger partial charge in [0.1, 0.15) is 5.41 Å². The number of amides is 2. The second kappa shape index (κ2) is 3.85. The Morgan fingerprint density at radius 2 is 2.12 bits per heavy atom. The minimum absolute atomic E-state index is 0.152. The van der Waals surface area contributed by atoms with Crippen molar-refractivity contribution in [2.75, 3.05) is 6.54 Å². The zero-order valence-corrected chi connectivity index (χ0v) is 8.88. The lowest BCUT2D eigenvalue weighted by Crippen LogP contribution is -2.43. The van der Waals surface area contributed by atoms with Gasteiger partial charge in [-0.3, -0.25) is 19.6 Å². The van der Waals surface area contributed by atoms with Crippen LogP contribution in [0.3, 0.4) is 0 Å². The van der Waals surface area contributed by atoms with Crippen LogP contribution in [0.5, 0.6) is 0 Å². The van der Waals surface area contributed by atoms with Gasteiger partial charge in [0.25, 0.3) is 5.91 Å². The minimum atomic E-state index is -1.17. The molecule has 7 heteroatoms. The Kier molecular flexibility index (Phi) is 2.51. The van der Waals surface area contributed by atoms with Gasteiger partial charge in [0, 0.05) is 25.1 Å². The van der Waals surface area contributed by atoms with Crippen molar-refractivity contribution < 1.29 is 9.59 Å². The van der Waals surface area contributed by atoms with Crippen LogP contribution < -0.4 is 16.8 Å². The largest absolute Gasteiger partial charge is 0.379 e. The third-order valence-electron chi connectivity index (χ3n) is 2.67. The van der Waals surface area contributed by atoms with E-state index in [4.69, 9.17) is 11.5 Å². The van der Waals surface area contributed by atoms with Crippen LogP contribution in [0.2, 0.25) is 0 Å². The van der Waals surface area contributed by atoms with E-state index in [1.165, 1.54) is 24.7 Å². The first-order chi connectivity index (χ1) is 8.06. The highest BCUT2D eigenvalue weighted by molar-refractivity contribution is 5.97. The average molecular weight is 233 g/mol. The fourth-order valence-corrected chi connectivity index (χ4v) is 1.72. The fourth-order valence-electron chi connectivity index (χ4n) is 1.72. The zero-order valence-electron chi connectivity index (χ0n) is 8.88. The first-order valence-corrected chi connectivity index (χ1v) is 4.89. The molecule has 1 aromatic rings. The molecule has 7 nitrogen and oxygen atoms in total. The van der Waals surface area contributed by atoms with Crippen molar-refractivity contribution in [3.8, 4) is 0 Å². The quantitative estimate of drug-likeness (QED) is 0.566. The van der Waals surface area contributed by atoms with E-state index in [0.29, 0.717) is 5.69 Å². The third-order valence-corrected chi connectivity index (χ3v) is 2.67. The molecule has 0 spiro atoms. The van der Waals surface area contributed by atoms with E-state index in [9.17, 15) is 9.59 Å². The van der Waals surface area contributed by atoms with Crippen molar-refractivity contribution >= 4 is 11.8 Å². The molecule has 1 aliphatic heterocycles. The molecule has 1 atom stereocenters. The summed E-state index contributed by atoms with van der Waals surface area (Å²) >= 11 is 0. The van der Waals surface area contributed by atoms with E-state index in [-0.39, 0.29) is 12.2 Å². The number of primary amides is 2. The molecule has 0 aliphatic carbocycles. The van der Waals surface area contributed by atoms with Crippen molar-refractivity contribution in [2.45, 2.75) is 5.41 Å². The maximum atomic E-state index is 11.6. The number of aromatic nitrogens is 2. The van der Waals surface area contributed by atoms with Crippen LogP contribution in [0, 0.1) is 0 Å². The van der Waals surface area contributed by atoms with E-state index in [2.05, 4.69) is 15.3 Å². The molecular formula is C10H11N5O2. The molecule has 0 saturated carbocycles. The van der Waals surface area contributed by atoms with Crippen molar-refractivity contribution in [2.24, 2.45) is 11.5 Å². The number of hydrogen-bond donors (Lipinski definition) is 3. The average Bonchev–Trinajstić information content (AvgIpc) is 2.76. The predicted octanol–water partition coefficient (Wildman–Crippen LogP) is -1.83. The Morgan fingerprint density at radius 3 is 2.59 bits per heavy atom. The van der Waals surface area contributed by atoms with Crippen LogP contribution >= 0.6 is 0 Å². The summed E-state index contributed by atoms with van der Waals surface area (Å²) in [6.45, 7) is 0.152. The summed E-state index contributed by atoms with van der Waals surface area (Å²) in [7, 11) is 0. The molecule has 2 amide bonds. The molecule has 88 valence electrons. The highest BCUT2D eigenvalue weighted by Crippen LogP contribution is 2.28. The summed E-state index contributed by atoms with van der Waals surface area (Å²) in [4.78, 5) is 30.6. The number of nitrogens with one attached hydrogen (secondary N) is 1. The van der Waals surface area contributed by atoms with Crippen LogP contribution in [-0.2, 0) is 15.0 Å². The Bertz CT molecular complexity index is 499. The second-order valence-electron chi connectivity index (χ2n) is 3.70. The molecule has 17 heavy (non-hydrogen) atoms. The lowest BCUT2D eigenvalue weighted by molar-refractivity contribution is -0.121. The van der Waals surface area contributed by atoms with Gasteiger partial charge in [-0.1, -0.05) is 0 Å². The van der Waals surface area contributed by atoms with Gasteiger partial charge in [0.15, 0.2) is 0 Å². The summed E-state index contributed by atoms with van der Waals surface area (Å²) in [5.74, 6) is -1.25. The molecule has 0 radical (unpaired) electrons. The normalized spacial score (nSPS) is 22.7. The zero-order chi connectivity index (χ0) is 12.5. The van der Waals surface area contributed by atoms with Gasteiger partial charge in [0.2, 0.25) is 5.91 Å². The molecule has 1 aliphatic rings. The molecule has 2 heterocycles. The molecule has 5 N–H and O–H groups in total. The van der Waals surface area contributed by atoms with Gasteiger partial charge in [0.05, 0.1) is 11.4 Å². The van der Waals surface area contributed by atoms with E-state index < -0.39 is 17.2 Å². The SMILES string of the molecule is NC(=O)C1=CC(C(N)=O)(c2cnccn2)CN1. The Morgan fingerprint density at radius 1 is 1.35 bits per heavy atom. The molecule has 1 unspecified atom stereocenters. The monoisotopic (exact) mass is 233 g/mol. The standard InChI is InChI=1S/C10H11N5O2/c11-8(16)6-3-10(5-15-6,9(12)17)7-4-13-1-2-14-7/h1-4,15H,5H2,(H2,11,16)(H2,12,17). The molecular weight excluding hydrogens is 222 g/mol. The summed E-state index contributed by atoms with van der Waals surface area (Å²) < 4.78 is 0. The highest BCUT2D eigenvalue weighted by Gasteiger charge is 2.43. The molecule has 0 fully saturated rings. The first-order valence-electron chi connectivity index (χ1n) is 4.89. The molecule has 2 rings (SSSR count). The van der Waals surface area contributed by atoms with Crippen LogP contribution in [0.1, 0.15) is 5.69 Å². The maximum Gasteiger partial charge on any atom is 0.264 e. The second-order valence-corrected chi connectivity index (χ2v) is 3.70. The lowest BCUT2D eigenvalue weighted by Gasteiger charge is -2.20. The Labute approximate surface area is 96.9 Å². The molecule has 1 aromatic heterocycles. The highest BCUT2D eigenvalue weighted by atomic mass is 16.2. The number of hydrogen-bond acceptors (Lipinski definition) is 5. The van der Waals surface area contributed by atoms with Crippen LogP contribution in [0.25, 0.3) is 0 Å². The molecule has 0 bridgehead atoms. The number of rotatable bonds is 3. The maximum absolute atomic E-state index is 11.6. The fraction of sp³-hybridized carbons (Fsp3) is 0.200. The number of nitrogens with two attached hydrogens (primary N) is 2. The van der Waals surface area contributed by atoms with Crippen LogP contribution in [0.4, 0.5) is 0 Å². The van der Waals surface area contributed by atoms with Gasteiger partial charge in [-0.15, -0.1) is 0 Å². The van der Waals surface area contributed by atoms with Crippen LogP contribution in [-0.4, -0.2) is 28.3 Å². The van der Waals surface area contributed by atoms with Crippen molar-refractivity contribution in [3.05, 3.63) is 36.1 Å². The topological polar surface area (TPSA) is 124 Å². The summed E-state index contributed by atoms with van der Waals surface area (Å²) in [5, 5.41) is 2.74. The lowest BCUT2D eigenvalue weighted by atomic mass is 9.85. The predicted molar refractivity (Wildman–Crippen MR) is 58.2 cm³/mol. The third kappa shape index (κ3) is 1.71. The number of nitrogens with zero attached hydrogens (tertiary/aromatic N) is 2. The number of carbonyl (C=O) groups is 2. The van der Waals surface area contributed by atoms with Crippen molar-refractivity contribution in [1.82, 2.24) is 15.3 Å².